The van der Waals surface area contributed by atoms with Gasteiger partial charge >= 0.3 is 0 Å². The lowest BCUT2D eigenvalue weighted by molar-refractivity contribution is 0.315. The number of aromatic amines is 1. The minimum atomic E-state index is 0.803. The number of hydrogen-bond acceptors (Lipinski definition) is 4. The summed E-state index contributed by atoms with van der Waals surface area (Å²) in [5, 5.41) is 15.2. The molecule has 2 aromatic carbocycles. The van der Waals surface area contributed by atoms with Crippen molar-refractivity contribution in [2.45, 2.75) is 0 Å². The lowest BCUT2D eigenvalue weighted by Gasteiger charge is -1.81. The molecule has 0 radical (unpaired) electrons. The SMILES string of the molecule is c1ccc2[nH]ncc2c1.c1ccc2nonc2c1. The van der Waals surface area contributed by atoms with Crippen LogP contribution >= 0.6 is 0 Å². The molecule has 4 aromatic rings. The van der Waals surface area contributed by atoms with Crippen molar-refractivity contribution in [2.24, 2.45) is 0 Å². The van der Waals surface area contributed by atoms with Crippen molar-refractivity contribution in [3.8, 4) is 0 Å². The minimum Gasteiger partial charge on any atom is -0.278 e. The Morgan fingerprint density at radius 1 is 0.833 bits per heavy atom. The number of para-hydroxylation sites is 1. The summed E-state index contributed by atoms with van der Waals surface area (Å²) < 4.78 is 4.46. The van der Waals surface area contributed by atoms with E-state index in [1.165, 1.54) is 0 Å². The summed E-state index contributed by atoms with van der Waals surface area (Å²) in [5.74, 6) is 0. The predicted molar refractivity (Wildman–Crippen MR) is 67.9 cm³/mol. The van der Waals surface area contributed by atoms with E-state index in [9.17, 15) is 0 Å². The summed E-state index contributed by atoms with van der Waals surface area (Å²) in [4.78, 5) is 0. The van der Waals surface area contributed by atoms with Crippen LogP contribution in [0.3, 0.4) is 0 Å². The topological polar surface area (TPSA) is 67.6 Å². The van der Waals surface area contributed by atoms with Gasteiger partial charge in [-0.2, -0.15) is 5.10 Å². The van der Waals surface area contributed by atoms with E-state index in [0.29, 0.717) is 0 Å². The number of aromatic nitrogens is 4. The fraction of sp³-hybridized carbons (Fsp3) is 0. The molecule has 0 spiro atoms. The van der Waals surface area contributed by atoms with Crippen LogP contribution < -0.4 is 0 Å². The van der Waals surface area contributed by atoms with Crippen LogP contribution in [0.4, 0.5) is 0 Å². The number of benzene rings is 2. The third kappa shape index (κ3) is 2.06. The molecule has 0 fully saturated rings. The highest BCUT2D eigenvalue weighted by Gasteiger charge is 1.93. The monoisotopic (exact) mass is 238 g/mol. The molecule has 0 bridgehead atoms. The van der Waals surface area contributed by atoms with E-state index < -0.39 is 0 Å². The largest absolute Gasteiger partial charge is 0.278 e. The second-order valence-electron chi connectivity index (χ2n) is 3.71. The number of nitrogens with zero attached hydrogens (tertiary/aromatic N) is 3. The molecule has 1 N–H and O–H groups in total. The van der Waals surface area contributed by atoms with Crippen LogP contribution in [-0.2, 0) is 0 Å². The molecule has 18 heavy (non-hydrogen) atoms. The maximum Gasteiger partial charge on any atom is 0.135 e. The molecule has 0 unspecified atom stereocenters. The van der Waals surface area contributed by atoms with Crippen LogP contribution in [0, 0.1) is 0 Å². The zero-order chi connectivity index (χ0) is 12.2. The van der Waals surface area contributed by atoms with Crippen molar-refractivity contribution < 1.29 is 4.63 Å². The summed E-state index contributed by atoms with van der Waals surface area (Å²) in [5.41, 5.74) is 2.70. The van der Waals surface area contributed by atoms with Crippen molar-refractivity contribution in [1.82, 2.24) is 20.5 Å². The minimum absolute atomic E-state index is 0.803. The van der Waals surface area contributed by atoms with Crippen molar-refractivity contribution in [1.29, 1.82) is 0 Å². The summed E-state index contributed by atoms with van der Waals surface area (Å²) in [6.07, 6.45) is 1.81. The smallest absolute Gasteiger partial charge is 0.135 e. The van der Waals surface area contributed by atoms with Gasteiger partial charge in [-0.25, -0.2) is 4.63 Å². The molecule has 0 amide bonds. The average Bonchev–Trinajstić information content (AvgIpc) is 3.08. The number of H-pyrrole nitrogens is 1. The lowest BCUT2D eigenvalue weighted by Crippen LogP contribution is -1.63. The van der Waals surface area contributed by atoms with Gasteiger partial charge < -0.3 is 0 Å². The second kappa shape index (κ2) is 4.67. The molecule has 88 valence electrons. The Morgan fingerprint density at radius 2 is 1.50 bits per heavy atom. The fourth-order valence-electron chi connectivity index (χ4n) is 1.61. The molecule has 0 aliphatic rings. The molecular formula is C13H10N4O. The maximum atomic E-state index is 4.46. The van der Waals surface area contributed by atoms with E-state index in [4.69, 9.17) is 0 Å². The van der Waals surface area contributed by atoms with Gasteiger partial charge in [-0.05, 0) is 28.5 Å². The first-order valence-corrected chi connectivity index (χ1v) is 5.49. The van der Waals surface area contributed by atoms with Crippen LogP contribution in [0.1, 0.15) is 0 Å². The number of nitrogens with one attached hydrogen (secondary N) is 1. The van der Waals surface area contributed by atoms with E-state index in [1.54, 1.807) is 0 Å². The van der Waals surface area contributed by atoms with Gasteiger partial charge in [0.1, 0.15) is 11.0 Å². The van der Waals surface area contributed by atoms with E-state index in [-0.39, 0.29) is 0 Å². The van der Waals surface area contributed by atoms with Crippen LogP contribution in [0.5, 0.6) is 0 Å². The summed E-state index contributed by atoms with van der Waals surface area (Å²) in [6, 6.07) is 15.5. The highest BCUT2D eigenvalue weighted by Crippen LogP contribution is 2.07. The third-order valence-corrected chi connectivity index (χ3v) is 2.51. The predicted octanol–water partition coefficient (Wildman–Crippen LogP) is 2.79. The van der Waals surface area contributed by atoms with Gasteiger partial charge in [0.2, 0.25) is 0 Å². The van der Waals surface area contributed by atoms with E-state index >= 15 is 0 Å². The van der Waals surface area contributed by atoms with Crippen LogP contribution in [0.25, 0.3) is 21.9 Å². The van der Waals surface area contributed by atoms with Gasteiger partial charge in [-0.3, -0.25) is 5.10 Å². The van der Waals surface area contributed by atoms with Crippen LogP contribution in [0.15, 0.2) is 59.4 Å². The molecule has 0 saturated carbocycles. The molecule has 5 heteroatoms. The van der Waals surface area contributed by atoms with E-state index in [0.717, 1.165) is 21.9 Å². The van der Waals surface area contributed by atoms with E-state index in [2.05, 4.69) is 25.1 Å². The third-order valence-electron chi connectivity index (χ3n) is 2.51. The molecule has 0 aliphatic heterocycles. The van der Waals surface area contributed by atoms with Crippen molar-refractivity contribution >= 4 is 21.9 Å². The quantitative estimate of drug-likeness (QED) is 0.511. The lowest BCUT2D eigenvalue weighted by atomic mass is 10.3. The van der Waals surface area contributed by atoms with Gasteiger partial charge in [-0.1, -0.05) is 30.3 Å². The van der Waals surface area contributed by atoms with Crippen LogP contribution in [0.2, 0.25) is 0 Å². The summed E-state index contributed by atoms with van der Waals surface area (Å²) in [6.45, 7) is 0. The number of fused-ring (bicyclic) bond motifs is 2. The Bertz CT molecular complexity index is 633. The highest BCUT2D eigenvalue weighted by atomic mass is 16.6. The normalized spacial score (nSPS) is 10.2. The average molecular weight is 238 g/mol. The Labute approximate surface area is 102 Å². The fourth-order valence-corrected chi connectivity index (χ4v) is 1.61. The zero-order valence-corrected chi connectivity index (χ0v) is 9.45. The number of rotatable bonds is 0. The molecule has 4 rings (SSSR count). The first-order valence-electron chi connectivity index (χ1n) is 5.49. The van der Waals surface area contributed by atoms with Crippen molar-refractivity contribution in [2.75, 3.05) is 0 Å². The Hall–Kier alpha value is -2.69. The molecule has 2 heterocycles. The van der Waals surface area contributed by atoms with Gasteiger partial charge in [0.05, 0.1) is 11.7 Å². The maximum absolute atomic E-state index is 4.46. The molecule has 2 aromatic heterocycles. The Kier molecular flexibility index (Phi) is 2.71. The van der Waals surface area contributed by atoms with Gasteiger partial charge in [-0.15, -0.1) is 0 Å². The molecule has 0 atom stereocenters. The van der Waals surface area contributed by atoms with Gasteiger partial charge in [0.25, 0.3) is 0 Å². The summed E-state index contributed by atoms with van der Waals surface area (Å²) >= 11 is 0. The van der Waals surface area contributed by atoms with Gasteiger partial charge in [0, 0.05) is 5.39 Å². The molecule has 5 nitrogen and oxygen atoms in total. The first-order chi connectivity index (χ1) is 8.93. The standard InChI is InChI=1S/C7H6N2.C6H4N2O/c1-2-4-7-6(3-1)5-8-9-7;1-2-4-6-5(3-1)7-9-8-6/h1-5H,(H,8,9);1-4H. The summed E-state index contributed by atoms with van der Waals surface area (Å²) in [7, 11) is 0. The van der Waals surface area contributed by atoms with Crippen molar-refractivity contribution in [3.63, 3.8) is 0 Å². The Morgan fingerprint density at radius 3 is 2.22 bits per heavy atom. The van der Waals surface area contributed by atoms with Crippen molar-refractivity contribution in [3.05, 3.63) is 54.7 Å². The molecular weight excluding hydrogens is 228 g/mol. The van der Waals surface area contributed by atoms with Crippen LogP contribution in [-0.4, -0.2) is 20.5 Å². The van der Waals surface area contributed by atoms with Gasteiger partial charge in [0.15, 0.2) is 0 Å². The molecule has 0 saturated heterocycles. The Balaban J connectivity index is 0.000000111. The van der Waals surface area contributed by atoms with E-state index in [1.807, 2.05) is 54.7 Å². The second-order valence-corrected chi connectivity index (χ2v) is 3.71. The zero-order valence-electron chi connectivity index (χ0n) is 9.45. The first kappa shape index (κ1) is 10.5. The number of hydrogen-bond donors (Lipinski definition) is 1. The molecule has 0 aliphatic carbocycles. The highest BCUT2D eigenvalue weighted by molar-refractivity contribution is 5.77.